The van der Waals surface area contributed by atoms with Gasteiger partial charge >= 0.3 is 0 Å². The Labute approximate surface area is 154 Å². The van der Waals surface area contributed by atoms with Crippen molar-refractivity contribution in [2.75, 3.05) is 6.61 Å². The molecule has 0 N–H and O–H groups in total. The zero-order chi connectivity index (χ0) is 18.1. The van der Waals surface area contributed by atoms with Crippen LogP contribution in [0.2, 0.25) is 0 Å². The van der Waals surface area contributed by atoms with Crippen LogP contribution in [-0.4, -0.2) is 12.2 Å². The zero-order valence-electron chi connectivity index (χ0n) is 15.8. The van der Waals surface area contributed by atoms with Crippen molar-refractivity contribution in [3.8, 4) is 0 Å². The molecular formula is C24H24O2. The van der Waals surface area contributed by atoms with Crippen LogP contribution in [0, 0.1) is 5.41 Å². The Morgan fingerprint density at radius 1 is 0.769 bits per heavy atom. The molecule has 1 unspecified atom stereocenters. The maximum absolute atomic E-state index is 5.66. The Morgan fingerprint density at radius 2 is 1.38 bits per heavy atom. The molecule has 1 aliphatic heterocycles. The first-order valence-corrected chi connectivity index (χ1v) is 9.37. The predicted octanol–water partition coefficient (Wildman–Crippen LogP) is 6.43. The van der Waals surface area contributed by atoms with Crippen LogP contribution in [0.1, 0.15) is 39.2 Å². The van der Waals surface area contributed by atoms with Crippen LogP contribution < -0.4 is 0 Å². The molecule has 0 saturated carbocycles. The van der Waals surface area contributed by atoms with Crippen molar-refractivity contribution in [3.05, 3.63) is 60.2 Å². The van der Waals surface area contributed by atoms with E-state index in [4.69, 9.17) is 9.78 Å². The molecule has 5 rings (SSSR count). The summed E-state index contributed by atoms with van der Waals surface area (Å²) in [4.78, 5) is 11.2. The summed E-state index contributed by atoms with van der Waals surface area (Å²) in [5, 5.41) is 8.00. The lowest BCUT2D eigenvalue weighted by atomic mass is 9.64. The lowest BCUT2D eigenvalue weighted by Crippen LogP contribution is -2.50. The molecule has 0 aromatic heterocycles. The van der Waals surface area contributed by atoms with Crippen LogP contribution in [0.25, 0.3) is 32.3 Å². The molecule has 0 radical (unpaired) electrons. The minimum atomic E-state index is -0.347. The summed E-state index contributed by atoms with van der Waals surface area (Å²) in [6.45, 7) is 9.40. The van der Waals surface area contributed by atoms with Crippen molar-refractivity contribution in [3.63, 3.8) is 0 Å². The quantitative estimate of drug-likeness (QED) is 0.292. The van der Waals surface area contributed by atoms with E-state index in [0.717, 1.165) is 0 Å². The van der Waals surface area contributed by atoms with E-state index in [2.05, 4.69) is 82.3 Å². The van der Waals surface area contributed by atoms with Gasteiger partial charge in [0.1, 0.15) is 5.60 Å². The predicted molar refractivity (Wildman–Crippen MR) is 108 cm³/mol. The van der Waals surface area contributed by atoms with Crippen LogP contribution in [0.15, 0.2) is 54.6 Å². The Hall–Kier alpha value is -2.16. The smallest absolute Gasteiger partial charge is 0.104 e. The van der Waals surface area contributed by atoms with Gasteiger partial charge < -0.3 is 0 Å². The molecule has 1 fully saturated rings. The Balaban J connectivity index is 1.84. The highest BCUT2D eigenvalue weighted by molar-refractivity contribution is 6.23. The van der Waals surface area contributed by atoms with Gasteiger partial charge in [0.15, 0.2) is 0 Å². The van der Waals surface area contributed by atoms with E-state index in [1.54, 1.807) is 0 Å². The largest absolute Gasteiger partial charge is 0.235 e. The normalized spacial score (nSPS) is 22.4. The van der Waals surface area contributed by atoms with Crippen LogP contribution in [0.4, 0.5) is 0 Å². The first kappa shape index (κ1) is 16.0. The van der Waals surface area contributed by atoms with Gasteiger partial charge in [0.2, 0.25) is 0 Å². The molecule has 1 aliphatic rings. The van der Waals surface area contributed by atoms with Crippen LogP contribution in [0.3, 0.4) is 0 Å². The molecule has 2 nitrogen and oxygen atoms in total. The molecule has 132 valence electrons. The average molecular weight is 344 g/mol. The van der Waals surface area contributed by atoms with Crippen LogP contribution >= 0.6 is 0 Å². The zero-order valence-corrected chi connectivity index (χ0v) is 15.8. The van der Waals surface area contributed by atoms with Crippen molar-refractivity contribution >= 4 is 32.3 Å². The monoisotopic (exact) mass is 344 g/mol. The average Bonchev–Trinajstić information content (AvgIpc) is 2.62. The van der Waals surface area contributed by atoms with Crippen molar-refractivity contribution in [2.45, 2.75) is 39.2 Å². The Kier molecular flexibility index (Phi) is 3.20. The Bertz CT molecular complexity index is 1110. The first-order chi connectivity index (χ1) is 12.4. The summed E-state index contributed by atoms with van der Waals surface area (Å²) in [5.74, 6) is 0.274. The lowest BCUT2D eigenvalue weighted by molar-refractivity contribution is -0.409. The van der Waals surface area contributed by atoms with Gasteiger partial charge in [0.05, 0.1) is 6.61 Å². The maximum Gasteiger partial charge on any atom is 0.104 e. The van der Waals surface area contributed by atoms with Gasteiger partial charge in [-0.2, -0.15) is 0 Å². The first-order valence-electron chi connectivity index (χ1n) is 9.37. The minimum absolute atomic E-state index is 0.0475. The van der Waals surface area contributed by atoms with Crippen molar-refractivity contribution < 1.29 is 9.78 Å². The molecule has 2 heteroatoms. The molecular weight excluding hydrogens is 320 g/mol. The Morgan fingerprint density at radius 3 is 2.12 bits per heavy atom. The standard InChI is InChI=1S/C24H24O2/c1-23(2)20(14-25-26-24(23,3)4)18-12-10-17-9-8-15-6-5-7-16-11-13-19(18)22(17)21(15)16/h5-13,20H,14H2,1-4H3. The molecule has 0 spiro atoms. The van der Waals surface area contributed by atoms with Gasteiger partial charge in [0.25, 0.3) is 0 Å². The third-order valence-corrected chi connectivity index (χ3v) is 6.86. The highest BCUT2D eigenvalue weighted by Gasteiger charge is 2.49. The van der Waals surface area contributed by atoms with Crippen molar-refractivity contribution in [1.82, 2.24) is 0 Å². The molecule has 0 aliphatic carbocycles. The SMILES string of the molecule is CC1(C)OOCC(c2ccc3ccc4cccc5ccc2c3c45)C1(C)C. The molecule has 4 aromatic rings. The third-order valence-electron chi connectivity index (χ3n) is 6.86. The number of rotatable bonds is 1. The second-order valence-corrected chi connectivity index (χ2v) is 8.66. The van der Waals surface area contributed by atoms with Gasteiger partial charge in [-0.05, 0) is 51.7 Å². The van der Waals surface area contributed by atoms with Crippen molar-refractivity contribution in [1.29, 1.82) is 0 Å². The van der Waals surface area contributed by atoms with E-state index in [1.807, 2.05) is 0 Å². The molecule has 26 heavy (non-hydrogen) atoms. The number of hydrogen-bond acceptors (Lipinski definition) is 2. The van der Waals surface area contributed by atoms with Crippen molar-refractivity contribution in [2.24, 2.45) is 5.41 Å². The van der Waals surface area contributed by atoms with E-state index in [1.165, 1.54) is 37.9 Å². The summed E-state index contributed by atoms with van der Waals surface area (Å²) in [5.41, 5.74) is 0.964. The van der Waals surface area contributed by atoms with E-state index in [-0.39, 0.29) is 16.9 Å². The van der Waals surface area contributed by atoms with E-state index < -0.39 is 0 Å². The molecule has 0 bridgehead atoms. The fourth-order valence-corrected chi connectivity index (χ4v) is 4.52. The maximum atomic E-state index is 5.66. The molecule has 4 aromatic carbocycles. The third kappa shape index (κ3) is 2.00. The summed E-state index contributed by atoms with van der Waals surface area (Å²) in [6.07, 6.45) is 0. The number of benzene rings is 4. The molecule has 1 saturated heterocycles. The molecule has 0 amide bonds. The van der Waals surface area contributed by atoms with E-state index in [9.17, 15) is 0 Å². The highest BCUT2D eigenvalue weighted by atomic mass is 17.2. The second kappa shape index (κ2) is 5.18. The van der Waals surface area contributed by atoms with E-state index >= 15 is 0 Å². The van der Waals surface area contributed by atoms with Gasteiger partial charge in [0, 0.05) is 11.3 Å². The van der Waals surface area contributed by atoms with E-state index in [0.29, 0.717) is 6.61 Å². The topological polar surface area (TPSA) is 18.5 Å². The lowest BCUT2D eigenvalue weighted by Gasteiger charge is -2.49. The summed E-state index contributed by atoms with van der Waals surface area (Å²) in [6, 6.07) is 20.1. The fraction of sp³-hybridized carbons (Fsp3) is 0.333. The fourth-order valence-electron chi connectivity index (χ4n) is 4.52. The second-order valence-electron chi connectivity index (χ2n) is 8.66. The van der Waals surface area contributed by atoms with Crippen LogP contribution in [-0.2, 0) is 9.78 Å². The van der Waals surface area contributed by atoms with Gasteiger partial charge in [-0.1, -0.05) is 68.4 Å². The molecule has 1 atom stereocenters. The van der Waals surface area contributed by atoms with Crippen LogP contribution in [0.5, 0.6) is 0 Å². The van der Waals surface area contributed by atoms with Gasteiger partial charge in [-0.25, -0.2) is 9.78 Å². The highest BCUT2D eigenvalue weighted by Crippen LogP contribution is 2.51. The summed E-state index contributed by atoms with van der Waals surface area (Å²) in [7, 11) is 0. The minimum Gasteiger partial charge on any atom is -0.235 e. The van der Waals surface area contributed by atoms with Gasteiger partial charge in [-0.15, -0.1) is 0 Å². The summed E-state index contributed by atoms with van der Waals surface area (Å²) >= 11 is 0. The van der Waals surface area contributed by atoms with Gasteiger partial charge in [-0.3, -0.25) is 0 Å². The molecule has 1 heterocycles. The summed E-state index contributed by atoms with van der Waals surface area (Å²) < 4.78 is 0. The number of hydrogen-bond donors (Lipinski definition) is 0.